The van der Waals surface area contributed by atoms with Crippen LogP contribution < -0.4 is 5.73 Å². The molecule has 14 heavy (non-hydrogen) atoms. The molecule has 0 aromatic carbocycles. The van der Waals surface area contributed by atoms with E-state index in [0.717, 1.165) is 0 Å². The summed E-state index contributed by atoms with van der Waals surface area (Å²) in [7, 11) is 0. The van der Waals surface area contributed by atoms with Crippen molar-refractivity contribution in [3.8, 4) is 0 Å². The number of rotatable bonds is 2. The Morgan fingerprint density at radius 1 is 1.79 bits per heavy atom. The first-order chi connectivity index (χ1) is 6.65. The van der Waals surface area contributed by atoms with E-state index in [0.29, 0.717) is 32.7 Å². The Morgan fingerprint density at radius 3 is 3.14 bits per heavy atom. The molecule has 5 nitrogen and oxygen atoms in total. The molecule has 2 atom stereocenters. The van der Waals surface area contributed by atoms with E-state index < -0.39 is 12.1 Å². The number of aliphatic hydroxyl groups excluding tert-OH is 1. The molecular weight excluding hydrogens is 184 g/mol. The lowest BCUT2D eigenvalue weighted by Gasteiger charge is -2.24. The van der Waals surface area contributed by atoms with Gasteiger partial charge in [0.2, 0.25) is 5.91 Å². The standard InChI is InChI=1S/C9H18N2O3/c1-2-8(10)9(13)11-3-4-14-6-7(12)5-11/h7-8,12H,2-6,10H2,1H3. The van der Waals surface area contributed by atoms with Gasteiger partial charge in [-0.15, -0.1) is 0 Å². The van der Waals surface area contributed by atoms with Crippen LogP contribution in [0.3, 0.4) is 0 Å². The van der Waals surface area contributed by atoms with Crippen LogP contribution >= 0.6 is 0 Å². The third kappa shape index (κ3) is 2.94. The largest absolute Gasteiger partial charge is 0.389 e. The van der Waals surface area contributed by atoms with Crippen molar-refractivity contribution in [2.45, 2.75) is 25.5 Å². The minimum Gasteiger partial charge on any atom is -0.389 e. The van der Waals surface area contributed by atoms with Crippen LogP contribution in [0.15, 0.2) is 0 Å². The van der Waals surface area contributed by atoms with Crippen LogP contribution in [-0.2, 0) is 9.53 Å². The Hall–Kier alpha value is -0.650. The Labute approximate surface area is 83.8 Å². The van der Waals surface area contributed by atoms with Crippen LogP contribution in [-0.4, -0.2) is 54.4 Å². The number of hydrogen-bond donors (Lipinski definition) is 2. The third-order valence-electron chi connectivity index (χ3n) is 2.32. The van der Waals surface area contributed by atoms with Crippen molar-refractivity contribution < 1.29 is 14.6 Å². The minimum atomic E-state index is -0.592. The van der Waals surface area contributed by atoms with E-state index in [1.54, 1.807) is 4.90 Å². The lowest BCUT2D eigenvalue weighted by atomic mass is 10.2. The van der Waals surface area contributed by atoms with Crippen molar-refractivity contribution in [2.75, 3.05) is 26.3 Å². The first-order valence-electron chi connectivity index (χ1n) is 4.95. The van der Waals surface area contributed by atoms with Crippen LogP contribution in [0.5, 0.6) is 0 Å². The van der Waals surface area contributed by atoms with E-state index in [1.165, 1.54) is 0 Å². The van der Waals surface area contributed by atoms with Gasteiger partial charge < -0.3 is 20.5 Å². The molecule has 1 aliphatic rings. The fraction of sp³-hybridized carbons (Fsp3) is 0.889. The van der Waals surface area contributed by atoms with Crippen molar-refractivity contribution in [3.63, 3.8) is 0 Å². The van der Waals surface area contributed by atoms with E-state index in [2.05, 4.69) is 0 Å². The lowest BCUT2D eigenvalue weighted by molar-refractivity contribution is -0.133. The summed E-state index contributed by atoms with van der Waals surface area (Å²) >= 11 is 0. The van der Waals surface area contributed by atoms with Gasteiger partial charge in [-0.05, 0) is 6.42 Å². The Balaban J connectivity index is 2.52. The van der Waals surface area contributed by atoms with Crippen molar-refractivity contribution in [1.29, 1.82) is 0 Å². The zero-order chi connectivity index (χ0) is 10.6. The number of ether oxygens (including phenoxy) is 1. The molecule has 1 heterocycles. The molecule has 0 aliphatic carbocycles. The highest BCUT2D eigenvalue weighted by Crippen LogP contribution is 2.03. The SMILES string of the molecule is CCC(N)C(=O)N1CCOCC(O)C1. The van der Waals surface area contributed by atoms with Gasteiger partial charge in [-0.2, -0.15) is 0 Å². The lowest BCUT2D eigenvalue weighted by Crippen LogP contribution is -2.46. The fourth-order valence-electron chi connectivity index (χ4n) is 1.40. The third-order valence-corrected chi connectivity index (χ3v) is 2.32. The monoisotopic (exact) mass is 202 g/mol. The van der Waals surface area contributed by atoms with Gasteiger partial charge in [0.05, 0.1) is 25.4 Å². The van der Waals surface area contributed by atoms with E-state index in [1.807, 2.05) is 6.92 Å². The number of carbonyl (C=O) groups is 1. The molecular formula is C9H18N2O3. The predicted molar refractivity (Wildman–Crippen MR) is 51.7 cm³/mol. The summed E-state index contributed by atoms with van der Waals surface area (Å²) in [4.78, 5) is 13.2. The average Bonchev–Trinajstić information content (AvgIpc) is 2.40. The number of amides is 1. The summed E-state index contributed by atoms with van der Waals surface area (Å²) in [5, 5.41) is 9.40. The topological polar surface area (TPSA) is 75.8 Å². The Kier molecular flexibility index (Phi) is 4.31. The van der Waals surface area contributed by atoms with Gasteiger partial charge in [-0.25, -0.2) is 0 Å². The van der Waals surface area contributed by atoms with Gasteiger partial charge in [0.25, 0.3) is 0 Å². The maximum atomic E-state index is 11.7. The van der Waals surface area contributed by atoms with Gasteiger partial charge in [-0.3, -0.25) is 4.79 Å². The summed E-state index contributed by atoms with van der Waals surface area (Å²) in [6.07, 6.45) is 0.0252. The minimum absolute atomic E-state index is 0.1000. The van der Waals surface area contributed by atoms with Crippen LogP contribution in [0.25, 0.3) is 0 Å². The van der Waals surface area contributed by atoms with Crippen molar-refractivity contribution in [1.82, 2.24) is 4.90 Å². The molecule has 0 aromatic rings. The van der Waals surface area contributed by atoms with Crippen molar-refractivity contribution in [3.05, 3.63) is 0 Å². The second-order valence-corrected chi connectivity index (χ2v) is 3.53. The highest BCUT2D eigenvalue weighted by atomic mass is 16.5. The molecule has 1 aliphatic heterocycles. The molecule has 3 N–H and O–H groups in total. The van der Waals surface area contributed by atoms with Crippen LogP contribution in [0.2, 0.25) is 0 Å². The van der Waals surface area contributed by atoms with Crippen LogP contribution in [0, 0.1) is 0 Å². The van der Waals surface area contributed by atoms with E-state index in [4.69, 9.17) is 10.5 Å². The molecule has 1 fully saturated rings. The first kappa shape index (κ1) is 11.4. The molecule has 82 valence electrons. The van der Waals surface area contributed by atoms with Gasteiger partial charge in [0.15, 0.2) is 0 Å². The fourth-order valence-corrected chi connectivity index (χ4v) is 1.40. The molecule has 1 rings (SSSR count). The average molecular weight is 202 g/mol. The highest BCUT2D eigenvalue weighted by molar-refractivity contribution is 5.81. The number of aliphatic hydroxyl groups is 1. The number of carbonyl (C=O) groups excluding carboxylic acids is 1. The second kappa shape index (κ2) is 5.29. The number of β-amino-alcohol motifs (C(OH)–C–C–N with tert-alkyl or cyclic N) is 1. The first-order valence-corrected chi connectivity index (χ1v) is 4.95. The Bertz CT molecular complexity index is 198. The maximum absolute atomic E-state index is 11.7. The number of hydrogen-bond acceptors (Lipinski definition) is 4. The zero-order valence-electron chi connectivity index (χ0n) is 8.48. The number of nitrogens with two attached hydrogens (primary N) is 1. The molecule has 1 amide bonds. The zero-order valence-corrected chi connectivity index (χ0v) is 8.48. The maximum Gasteiger partial charge on any atom is 0.239 e. The molecule has 0 aromatic heterocycles. The molecule has 5 heteroatoms. The van der Waals surface area contributed by atoms with Gasteiger partial charge in [0, 0.05) is 13.1 Å². The summed E-state index contributed by atoms with van der Waals surface area (Å²) in [6, 6.07) is -0.458. The van der Waals surface area contributed by atoms with Crippen molar-refractivity contribution >= 4 is 5.91 Å². The highest BCUT2D eigenvalue weighted by Gasteiger charge is 2.23. The van der Waals surface area contributed by atoms with E-state index in [9.17, 15) is 9.90 Å². The van der Waals surface area contributed by atoms with Gasteiger partial charge in [-0.1, -0.05) is 6.92 Å². The van der Waals surface area contributed by atoms with Crippen molar-refractivity contribution in [2.24, 2.45) is 5.73 Å². The smallest absolute Gasteiger partial charge is 0.239 e. The molecule has 2 unspecified atom stereocenters. The normalized spacial score (nSPS) is 25.6. The van der Waals surface area contributed by atoms with E-state index in [-0.39, 0.29) is 5.91 Å². The summed E-state index contributed by atoms with van der Waals surface area (Å²) in [6.45, 7) is 3.48. The van der Waals surface area contributed by atoms with Crippen LogP contribution in [0.1, 0.15) is 13.3 Å². The second-order valence-electron chi connectivity index (χ2n) is 3.53. The molecule has 0 saturated carbocycles. The Morgan fingerprint density at radius 2 is 2.50 bits per heavy atom. The number of nitrogens with zero attached hydrogens (tertiary/aromatic N) is 1. The van der Waals surface area contributed by atoms with E-state index >= 15 is 0 Å². The predicted octanol–water partition coefficient (Wildman–Crippen LogP) is -1.06. The summed E-state index contributed by atoms with van der Waals surface area (Å²) in [5.41, 5.74) is 5.63. The van der Waals surface area contributed by atoms with Crippen LogP contribution in [0.4, 0.5) is 0 Å². The molecule has 0 bridgehead atoms. The molecule has 0 radical (unpaired) electrons. The quantitative estimate of drug-likeness (QED) is 0.598. The molecule has 0 spiro atoms. The van der Waals surface area contributed by atoms with Gasteiger partial charge in [0.1, 0.15) is 0 Å². The summed E-state index contributed by atoms with van der Waals surface area (Å²) < 4.78 is 5.12. The molecule has 1 saturated heterocycles. The van der Waals surface area contributed by atoms with Gasteiger partial charge >= 0.3 is 0 Å². The summed E-state index contributed by atoms with van der Waals surface area (Å²) in [5.74, 6) is -0.1000.